The van der Waals surface area contributed by atoms with Crippen molar-refractivity contribution >= 4 is 11.8 Å². The van der Waals surface area contributed by atoms with E-state index < -0.39 is 17.1 Å². The quantitative estimate of drug-likeness (QED) is 0.911. The van der Waals surface area contributed by atoms with Crippen molar-refractivity contribution < 1.29 is 19.0 Å². The standard InChI is InChI=1S/C17H24N2O4/c1-16(2,3)23-15(20)19-12-9-14(22-7)13(21-6)8-11(12)17(4,5)10-18/h8-9H,1-7H3,(H,19,20). The molecule has 0 bridgehead atoms. The number of nitrogens with zero attached hydrogens (tertiary/aromatic N) is 1. The minimum absolute atomic E-state index is 0.448. The fraction of sp³-hybridized carbons (Fsp3) is 0.529. The molecule has 0 saturated carbocycles. The van der Waals surface area contributed by atoms with Gasteiger partial charge in [0, 0.05) is 6.07 Å². The summed E-state index contributed by atoms with van der Waals surface area (Å²) in [4.78, 5) is 12.1. The molecule has 1 aromatic carbocycles. The van der Waals surface area contributed by atoms with Gasteiger partial charge in [0.25, 0.3) is 0 Å². The van der Waals surface area contributed by atoms with Gasteiger partial charge in [0.15, 0.2) is 11.5 Å². The lowest BCUT2D eigenvalue weighted by Crippen LogP contribution is -2.28. The summed E-state index contributed by atoms with van der Waals surface area (Å²) >= 11 is 0. The Hall–Kier alpha value is -2.42. The summed E-state index contributed by atoms with van der Waals surface area (Å²) in [5.74, 6) is 0.941. The van der Waals surface area contributed by atoms with Crippen LogP contribution in [0.15, 0.2) is 12.1 Å². The highest BCUT2D eigenvalue weighted by Crippen LogP contribution is 2.39. The van der Waals surface area contributed by atoms with Gasteiger partial charge in [-0.1, -0.05) is 0 Å². The maximum Gasteiger partial charge on any atom is 0.412 e. The highest BCUT2D eigenvalue weighted by Gasteiger charge is 2.27. The highest BCUT2D eigenvalue weighted by atomic mass is 16.6. The number of nitriles is 1. The number of hydrogen-bond acceptors (Lipinski definition) is 5. The molecule has 0 heterocycles. The first-order valence-corrected chi connectivity index (χ1v) is 7.22. The largest absolute Gasteiger partial charge is 0.493 e. The zero-order chi connectivity index (χ0) is 17.8. The van der Waals surface area contributed by atoms with Gasteiger partial charge < -0.3 is 14.2 Å². The number of methoxy groups -OCH3 is 2. The Morgan fingerprint density at radius 1 is 1.09 bits per heavy atom. The second-order valence-corrected chi connectivity index (χ2v) is 6.62. The summed E-state index contributed by atoms with van der Waals surface area (Å²) < 4.78 is 15.8. The van der Waals surface area contributed by atoms with E-state index >= 15 is 0 Å². The van der Waals surface area contributed by atoms with Gasteiger partial charge in [-0.05, 0) is 46.2 Å². The lowest BCUT2D eigenvalue weighted by molar-refractivity contribution is 0.0635. The predicted octanol–water partition coefficient (Wildman–Crippen LogP) is 3.85. The number of ether oxygens (including phenoxy) is 3. The van der Waals surface area contributed by atoms with Crippen molar-refractivity contribution in [2.75, 3.05) is 19.5 Å². The third kappa shape index (κ3) is 4.78. The van der Waals surface area contributed by atoms with E-state index in [1.54, 1.807) is 46.8 Å². The van der Waals surface area contributed by atoms with E-state index in [-0.39, 0.29) is 0 Å². The minimum Gasteiger partial charge on any atom is -0.493 e. The topological polar surface area (TPSA) is 80.6 Å². The van der Waals surface area contributed by atoms with Crippen LogP contribution in [0.4, 0.5) is 10.5 Å². The van der Waals surface area contributed by atoms with Gasteiger partial charge in [0.1, 0.15) is 5.60 Å². The van der Waals surface area contributed by atoms with Crippen LogP contribution in [0.5, 0.6) is 11.5 Å². The van der Waals surface area contributed by atoms with Crippen LogP contribution in [0.2, 0.25) is 0 Å². The van der Waals surface area contributed by atoms with Crippen molar-refractivity contribution in [2.45, 2.75) is 45.6 Å². The number of anilines is 1. The predicted molar refractivity (Wildman–Crippen MR) is 88.0 cm³/mol. The van der Waals surface area contributed by atoms with Crippen LogP contribution in [-0.4, -0.2) is 25.9 Å². The SMILES string of the molecule is COc1cc(NC(=O)OC(C)(C)C)c(C(C)(C)C#N)cc1OC. The summed E-state index contributed by atoms with van der Waals surface area (Å²) in [5, 5.41) is 12.1. The van der Waals surface area contributed by atoms with E-state index in [1.807, 2.05) is 0 Å². The van der Waals surface area contributed by atoms with Crippen LogP contribution in [0.25, 0.3) is 0 Å². The average molecular weight is 320 g/mol. The van der Waals surface area contributed by atoms with Crippen molar-refractivity contribution in [2.24, 2.45) is 0 Å². The summed E-state index contributed by atoms with van der Waals surface area (Å²) in [6.45, 7) is 8.85. The van der Waals surface area contributed by atoms with E-state index in [0.29, 0.717) is 22.7 Å². The van der Waals surface area contributed by atoms with Crippen LogP contribution >= 0.6 is 0 Å². The van der Waals surface area contributed by atoms with E-state index in [1.165, 1.54) is 14.2 Å². The van der Waals surface area contributed by atoms with Crippen LogP contribution in [-0.2, 0) is 10.2 Å². The van der Waals surface area contributed by atoms with Crippen molar-refractivity contribution in [1.29, 1.82) is 5.26 Å². The van der Waals surface area contributed by atoms with Crippen LogP contribution in [0.3, 0.4) is 0 Å². The number of carbonyl (C=O) groups is 1. The van der Waals surface area contributed by atoms with Gasteiger partial charge in [-0.25, -0.2) is 4.79 Å². The second kappa shape index (κ2) is 6.78. The molecule has 6 nitrogen and oxygen atoms in total. The number of hydrogen-bond donors (Lipinski definition) is 1. The summed E-state index contributed by atoms with van der Waals surface area (Å²) in [7, 11) is 3.02. The molecule has 0 saturated heterocycles. The maximum absolute atomic E-state index is 12.1. The van der Waals surface area contributed by atoms with Gasteiger partial charge in [0.2, 0.25) is 0 Å². The molecule has 1 amide bonds. The molecule has 1 aromatic rings. The molecule has 0 radical (unpaired) electrons. The number of rotatable bonds is 4. The summed E-state index contributed by atoms with van der Waals surface area (Å²) in [5.41, 5.74) is -0.387. The first kappa shape index (κ1) is 18.6. The van der Waals surface area contributed by atoms with Gasteiger partial charge in [0.05, 0.1) is 31.4 Å². The first-order valence-electron chi connectivity index (χ1n) is 7.22. The molecule has 0 aliphatic carbocycles. The Morgan fingerprint density at radius 3 is 2.04 bits per heavy atom. The Kier molecular flexibility index (Phi) is 5.49. The summed E-state index contributed by atoms with van der Waals surface area (Å²) in [6, 6.07) is 5.53. The van der Waals surface area contributed by atoms with Gasteiger partial charge in [-0.15, -0.1) is 0 Å². The Labute approximate surface area is 137 Å². The molecule has 0 aromatic heterocycles. The molecule has 23 heavy (non-hydrogen) atoms. The Bertz CT molecular complexity index is 625. The fourth-order valence-electron chi connectivity index (χ4n) is 1.97. The average Bonchev–Trinajstić information content (AvgIpc) is 2.44. The van der Waals surface area contributed by atoms with Crippen molar-refractivity contribution in [3.8, 4) is 17.6 Å². The molecule has 126 valence electrons. The van der Waals surface area contributed by atoms with E-state index in [0.717, 1.165) is 0 Å². The molecule has 0 aliphatic heterocycles. The number of amides is 1. The molecule has 0 unspecified atom stereocenters. The van der Waals surface area contributed by atoms with Gasteiger partial charge >= 0.3 is 6.09 Å². The van der Waals surface area contributed by atoms with Crippen LogP contribution in [0, 0.1) is 11.3 Å². The van der Waals surface area contributed by atoms with Crippen molar-refractivity contribution in [1.82, 2.24) is 0 Å². The molecule has 0 aliphatic rings. The molecule has 0 spiro atoms. The Morgan fingerprint density at radius 2 is 1.61 bits per heavy atom. The lowest BCUT2D eigenvalue weighted by Gasteiger charge is -2.24. The van der Waals surface area contributed by atoms with Crippen molar-refractivity contribution in [3.05, 3.63) is 17.7 Å². The minimum atomic E-state index is -0.829. The zero-order valence-corrected chi connectivity index (χ0v) is 14.7. The molecule has 1 rings (SSSR count). The number of benzene rings is 1. The molecule has 1 N–H and O–H groups in total. The molecule has 6 heteroatoms. The first-order chi connectivity index (χ1) is 10.5. The third-order valence-corrected chi connectivity index (χ3v) is 3.11. The van der Waals surface area contributed by atoms with E-state index in [4.69, 9.17) is 14.2 Å². The Balaban J connectivity index is 3.33. The fourth-order valence-corrected chi connectivity index (χ4v) is 1.97. The zero-order valence-electron chi connectivity index (χ0n) is 14.7. The number of carbonyl (C=O) groups excluding carboxylic acids is 1. The van der Waals surface area contributed by atoms with Gasteiger partial charge in [-0.3, -0.25) is 5.32 Å². The molecular formula is C17H24N2O4. The van der Waals surface area contributed by atoms with Crippen molar-refractivity contribution in [3.63, 3.8) is 0 Å². The monoisotopic (exact) mass is 320 g/mol. The van der Waals surface area contributed by atoms with E-state index in [2.05, 4.69) is 11.4 Å². The second-order valence-electron chi connectivity index (χ2n) is 6.62. The molecule has 0 atom stereocenters. The summed E-state index contributed by atoms with van der Waals surface area (Å²) in [6.07, 6.45) is -0.597. The van der Waals surface area contributed by atoms with Gasteiger partial charge in [-0.2, -0.15) is 5.26 Å². The lowest BCUT2D eigenvalue weighted by atomic mass is 9.84. The normalized spacial score (nSPS) is 11.4. The molecule has 0 fully saturated rings. The third-order valence-electron chi connectivity index (χ3n) is 3.11. The smallest absolute Gasteiger partial charge is 0.412 e. The maximum atomic E-state index is 12.1. The highest BCUT2D eigenvalue weighted by molar-refractivity contribution is 5.87. The van der Waals surface area contributed by atoms with E-state index in [9.17, 15) is 10.1 Å². The van der Waals surface area contributed by atoms with Crippen LogP contribution < -0.4 is 14.8 Å². The molecular weight excluding hydrogens is 296 g/mol. The van der Waals surface area contributed by atoms with Crippen LogP contribution in [0.1, 0.15) is 40.2 Å². The number of nitrogens with one attached hydrogen (secondary N) is 1.